The minimum absolute atomic E-state index is 0.347. The van der Waals surface area contributed by atoms with Crippen LogP contribution < -0.4 is 0 Å². The van der Waals surface area contributed by atoms with E-state index in [1.54, 1.807) is 6.92 Å². The van der Waals surface area contributed by atoms with Crippen molar-refractivity contribution in [3.8, 4) is 0 Å². The van der Waals surface area contributed by atoms with E-state index in [4.69, 9.17) is 4.52 Å². The van der Waals surface area contributed by atoms with Crippen LogP contribution in [0.1, 0.15) is 24.6 Å². The normalized spacial score (nSPS) is 17.9. The molecule has 0 radical (unpaired) electrons. The Labute approximate surface area is 70.0 Å². The molecule has 1 aliphatic rings. The number of Topliss-reactive ketones (excluding diaryl/α,β-unsaturated/α-hetero) is 1. The Morgan fingerprint density at radius 3 is 2.83 bits per heavy atom. The minimum Gasteiger partial charge on any atom is -0.340 e. The summed E-state index contributed by atoms with van der Waals surface area (Å²) in [6.07, 6.45) is 2.16. The smallest absolute Gasteiger partial charge is 0.223 e. The first kappa shape index (κ1) is 7.46. The fourth-order valence-electron chi connectivity index (χ4n) is 1.41. The fraction of sp³-hybridized carbons (Fsp3) is 0.625. The van der Waals surface area contributed by atoms with Crippen molar-refractivity contribution in [1.82, 2.24) is 10.1 Å². The highest BCUT2D eigenvalue weighted by molar-refractivity contribution is 5.84. The Balaban J connectivity index is 1.92. The van der Waals surface area contributed by atoms with Gasteiger partial charge in [-0.05, 0) is 5.92 Å². The predicted molar refractivity (Wildman–Crippen MR) is 40.5 cm³/mol. The molecule has 1 aromatic rings. The molecule has 0 spiro atoms. The SMILES string of the molecule is Cc1nc(CC2CC(=O)C2)no1. The molecule has 1 fully saturated rings. The Morgan fingerprint density at radius 2 is 2.33 bits per heavy atom. The molecule has 0 atom stereocenters. The monoisotopic (exact) mass is 166 g/mol. The first-order valence-electron chi connectivity index (χ1n) is 4.05. The lowest BCUT2D eigenvalue weighted by atomic mass is 9.81. The highest BCUT2D eigenvalue weighted by atomic mass is 16.5. The maximum absolute atomic E-state index is 10.6. The van der Waals surface area contributed by atoms with Gasteiger partial charge in [0.05, 0.1) is 0 Å². The van der Waals surface area contributed by atoms with Crippen LogP contribution in [0.4, 0.5) is 0 Å². The molecule has 1 heterocycles. The van der Waals surface area contributed by atoms with E-state index in [2.05, 4.69) is 10.1 Å². The number of aromatic nitrogens is 2. The van der Waals surface area contributed by atoms with Gasteiger partial charge in [-0.25, -0.2) is 0 Å². The van der Waals surface area contributed by atoms with E-state index in [1.807, 2.05) is 0 Å². The number of hydrogen-bond donors (Lipinski definition) is 0. The van der Waals surface area contributed by atoms with E-state index < -0.39 is 0 Å². The van der Waals surface area contributed by atoms with Gasteiger partial charge in [0.25, 0.3) is 0 Å². The Morgan fingerprint density at radius 1 is 1.58 bits per heavy atom. The van der Waals surface area contributed by atoms with E-state index in [0.29, 0.717) is 30.4 Å². The van der Waals surface area contributed by atoms with E-state index in [9.17, 15) is 4.79 Å². The largest absolute Gasteiger partial charge is 0.340 e. The lowest BCUT2D eigenvalue weighted by Crippen LogP contribution is -2.25. The molecule has 64 valence electrons. The van der Waals surface area contributed by atoms with Gasteiger partial charge in [0.2, 0.25) is 5.89 Å². The molecule has 0 aliphatic heterocycles. The van der Waals surface area contributed by atoms with Crippen LogP contribution in [0.25, 0.3) is 0 Å². The number of nitrogens with zero attached hydrogens (tertiary/aromatic N) is 2. The quantitative estimate of drug-likeness (QED) is 0.655. The summed E-state index contributed by atoms with van der Waals surface area (Å²) < 4.78 is 4.81. The molecule has 4 nitrogen and oxygen atoms in total. The average molecular weight is 166 g/mol. The van der Waals surface area contributed by atoms with Crippen molar-refractivity contribution in [2.75, 3.05) is 0 Å². The van der Waals surface area contributed by atoms with Gasteiger partial charge in [-0.1, -0.05) is 5.16 Å². The summed E-state index contributed by atoms with van der Waals surface area (Å²) in [7, 11) is 0. The summed E-state index contributed by atoms with van der Waals surface area (Å²) in [6.45, 7) is 1.77. The Bertz CT molecular complexity index is 298. The first-order chi connectivity index (χ1) is 5.74. The molecule has 12 heavy (non-hydrogen) atoms. The lowest BCUT2D eigenvalue weighted by molar-refractivity contribution is -0.126. The summed E-state index contributed by atoms with van der Waals surface area (Å²) in [5, 5.41) is 3.77. The van der Waals surface area contributed by atoms with Crippen molar-refractivity contribution in [1.29, 1.82) is 0 Å². The van der Waals surface area contributed by atoms with Crippen molar-refractivity contribution in [2.24, 2.45) is 5.92 Å². The number of aryl methyl sites for hydroxylation is 1. The van der Waals surface area contributed by atoms with Crippen molar-refractivity contribution in [3.05, 3.63) is 11.7 Å². The third-order valence-electron chi connectivity index (χ3n) is 2.07. The molecule has 0 unspecified atom stereocenters. The van der Waals surface area contributed by atoms with Gasteiger partial charge in [0, 0.05) is 26.2 Å². The van der Waals surface area contributed by atoms with Gasteiger partial charge >= 0.3 is 0 Å². The van der Waals surface area contributed by atoms with Crippen LogP contribution in [0.5, 0.6) is 0 Å². The van der Waals surface area contributed by atoms with Gasteiger partial charge in [-0.15, -0.1) is 0 Å². The first-order valence-corrected chi connectivity index (χ1v) is 4.05. The highest BCUT2D eigenvalue weighted by Crippen LogP contribution is 2.25. The molecule has 0 amide bonds. The molecular weight excluding hydrogens is 156 g/mol. The second-order valence-electron chi connectivity index (χ2n) is 3.25. The molecular formula is C8H10N2O2. The minimum atomic E-state index is 0.347. The van der Waals surface area contributed by atoms with Gasteiger partial charge in [-0.3, -0.25) is 4.79 Å². The molecule has 1 aromatic heterocycles. The van der Waals surface area contributed by atoms with Crippen LogP contribution in [0.15, 0.2) is 4.52 Å². The zero-order chi connectivity index (χ0) is 8.55. The van der Waals surface area contributed by atoms with Crippen LogP contribution in [0.3, 0.4) is 0 Å². The van der Waals surface area contributed by atoms with Crippen molar-refractivity contribution in [3.63, 3.8) is 0 Å². The number of carbonyl (C=O) groups is 1. The summed E-state index contributed by atoms with van der Waals surface area (Å²) >= 11 is 0. The summed E-state index contributed by atoms with van der Waals surface area (Å²) in [5.41, 5.74) is 0. The van der Waals surface area contributed by atoms with Crippen molar-refractivity contribution in [2.45, 2.75) is 26.2 Å². The topological polar surface area (TPSA) is 56.0 Å². The van der Waals surface area contributed by atoms with Crippen LogP contribution >= 0.6 is 0 Å². The van der Waals surface area contributed by atoms with Crippen LogP contribution in [-0.4, -0.2) is 15.9 Å². The maximum atomic E-state index is 10.6. The highest BCUT2D eigenvalue weighted by Gasteiger charge is 2.27. The Hall–Kier alpha value is -1.19. The molecule has 0 bridgehead atoms. The molecule has 0 saturated heterocycles. The van der Waals surface area contributed by atoms with Gasteiger partial charge in [0.15, 0.2) is 5.82 Å². The summed E-state index contributed by atoms with van der Waals surface area (Å²) in [5.74, 6) is 2.12. The number of ketones is 1. The van der Waals surface area contributed by atoms with Crippen LogP contribution in [0, 0.1) is 12.8 Å². The molecule has 0 N–H and O–H groups in total. The van der Waals surface area contributed by atoms with Crippen LogP contribution in [-0.2, 0) is 11.2 Å². The molecule has 0 aromatic carbocycles. The molecule has 1 aliphatic carbocycles. The maximum Gasteiger partial charge on any atom is 0.223 e. The van der Waals surface area contributed by atoms with E-state index in [1.165, 1.54) is 0 Å². The van der Waals surface area contributed by atoms with Crippen molar-refractivity contribution >= 4 is 5.78 Å². The molecule has 1 saturated carbocycles. The van der Waals surface area contributed by atoms with Crippen molar-refractivity contribution < 1.29 is 9.32 Å². The standard InChI is InChI=1S/C8H10N2O2/c1-5-9-8(10-12-5)4-6-2-7(11)3-6/h6H,2-4H2,1H3. The lowest BCUT2D eigenvalue weighted by Gasteiger charge is -2.21. The number of rotatable bonds is 2. The second-order valence-corrected chi connectivity index (χ2v) is 3.25. The summed E-state index contributed by atoms with van der Waals surface area (Å²) in [6, 6.07) is 0. The summed E-state index contributed by atoms with van der Waals surface area (Å²) in [4.78, 5) is 14.7. The zero-order valence-electron chi connectivity index (χ0n) is 6.91. The fourth-order valence-corrected chi connectivity index (χ4v) is 1.41. The third kappa shape index (κ3) is 1.37. The predicted octanol–water partition coefficient (Wildman–Crippen LogP) is 0.900. The third-order valence-corrected chi connectivity index (χ3v) is 2.07. The van der Waals surface area contributed by atoms with Gasteiger partial charge in [0.1, 0.15) is 5.78 Å². The second kappa shape index (κ2) is 2.69. The van der Waals surface area contributed by atoms with Crippen LogP contribution in [0.2, 0.25) is 0 Å². The van der Waals surface area contributed by atoms with Gasteiger partial charge in [-0.2, -0.15) is 4.98 Å². The number of hydrogen-bond acceptors (Lipinski definition) is 4. The average Bonchev–Trinajstić information content (AvgIpc) is 2.33. The van der Waals surface area contributed by atoms with E-state index >= 15 is 0 Å². The Kier molecular flexibility index (Phi) is 1.67. The molecule has 2 rings (SSSR count). The van der Waals surface area contributed by atoms with E-state index in [0.717, 1.165) is 12.2 Å². The van der Waals surface area contributed by atoms with E-state index in [-0.39, 0.29) is 0 Å². The number of carbonyl (C=O) groups excluding carboxylic acids is 1. The van der Waals surface area contributed by atoms with Gasteiger partial charge < -0.3 is 4.52 Å². The molecule has 4 heteroatoms. The zero-order valence-corrected chi connectivity index (χ0v) is 6.91.